The van der Waals surface area contributed by atoms with Gasteiger partial charge in [-0.25, -0.2) is 0 Å². The molecule has 1 atom stereocenters. The summed E-state index contributed by atoms with van der Waals surface area (Å²) in [6, 6.07) is 0. The molecule has 0 aromatic heterocycles. The van der Waals surface area contributed by atoms with Gasteiger partial charge in [0.1, 0.15) is 0 Å². The summed E-state index contributed by atoms with van der Waals surface area (Å²) >= 11 is 9.99. The molecule has 5 heteroatoms. The second-order valence-corrected chi connectivity index (χ2v) is 9.31. The van der Waals surface area contributed by atoms with Gasteiger partial charge in [-0.2, -0.15) is 0 Å². The van der Waals surface area contributed by atoms with Gasteiger partial charge in [-0.05, 0) is 19.8 Å². The van der Waals surface area contributed by atoms with Crippen LogP contribution in [0, 0.1) is 0 Å². The molecule has 0 saturated heterocycles. The van der Waals surface area contributed by atoms with Crippen molar-refractivity contribution in [3.63, 3.8) is 0 Å². The summed E-state index contributed by atoms with van der Waals surface area (Å²) in [6.45, 7) is 9.85. The summed E-state index contributed by atoms with van der Waals surface area (Å²) in [6.07, 6.45) is 0. The van der Waals surface area contributed by atoms with Crippen LogP contribution in [0.25, 0.3) is 0 Å². The van der Waals surface area contributed by atoms with Crippen molar-refractivity contribution < 1.29 is 4.52 Å². The van der Waals surface area contributed by atoms with Gasteiger partial charge >= 0.3 is 0 Å². The van der Waals surface area contributed by atoms with E-state index in [2.05, 4.69) is 18.7 Å². The molecule has 0 aromatic rings. The molecule has 2 nitrogen and oxygen atoms in total. The first-order valence-electron chi connectivity index (χ1n) is 4.15. The van der Waals surface area contributed by atoms with E-state index < -0.39 is 5.47 Å². The number of nitrogens with zero attached hydrogens (tertiary/aromatic N) is 1. The average Bonchev–Trinajstić information content (AvgIpc) is 1.96. The van der Waals surface area contributed by atoms with Gasteiger partial charge in [-0.3, -0.25) is 0 Å². The van der Waals surface area contributed by atoms with Crippen molar-refractivity contribution in [2.24, 2.45) is 0 Å². The number of hydrogen-bond acceptors (Lipinski definition) is 4. The Morgan fingerprint density at radius 2 is 1.92 bits per heavy atom. The van der Waals surface area contributed by atoms with Gasteiger partial charge in [0.05, 0.1) is 6.61 Å². The minimum Gasteiger partial charge on any atom is -0.720 e. The molecule has 0 N–H and O–H groups in total. The maximum Gasteiger partial charge on any atom is 0.0620 e. The summed E-state index contributed by atoms with van der Waals surface area (Å²) in [5.74, 6) is 0. The van der Waals surface area contributed by atoms with Crippen LogP contribution in [0.1, 0.15) is 13.8 Å². The van der Waals surface area contributed by atoms with Crippen molar-refractivity contribution in [1.29, 1.82) is 0 Å². The number of likely N-dealkylation sites (N-methyl/N-ethyl adjacent to an activating group) is 1. The van der Waals surface area contributed by atoms with Crippen molar-refractivity contribution in [2.75, 3.05) is 32.9 Å². The summed E-state index contributed by atoms with van der Waals surface area (Å²) in [7, 11) is 0. The van der Waals surface area contributed by atoms with E-state index >= 15 is 0 Å². The summed E-state index contributed by atoms with van der Waals surface area (Å²) in [4.78, 5) is 2.29. The highest BCUT2D eigenvalue weighted by atomic mass is 32.9. The monoisotopic (exact) mass is 226 g/mol. The Morgan fingerprint density at radius 3 is 2.25 bits per heavy atom. The molecule has 0 fully saturated rings. The zero-order chi connectivity index (χ0) is 9.61. The van der Waals surface area contributed by atoms with E-state index in [-0.39, 0.29) is 0 Å². The highest BCUT2D eigenvalue weighted by Gasteiger charge is 1.98. The molecular formula is C7H17NOPS2-. The van der Waals surface area contributed by atoms with Crippen molar-refractivity contribution in [2.45, 2.75) is 13.8 Å². The first-order chi connectivity index (χ1) is 5.49. The van der Waals surface area contributed by atoms with Gasteiger partial charge in [0.25, 0.3) is 0 Å². The predicted octanol–water partition coefficient (Wildman–Crippen LogP) is 1.83. The van der Waals surface area contributed by atoms with Crippen LogP contribution in [-0.2, 0) is 28.6 Å². The molecule has 0 aliphatic carbocycles. The summed E-state index contributed by atoms with van der Waals surface area (Å²) in [5, 5.41) is 0. The molecule has 0 aromatic carbocycles. The molecule has 12 heavy (non-hydrogen) atoms. The van der Waals surface area contributed by atoms with E-state index in [9.17, 15) is 0 Å². The van der Waals surface area contributed by atoms with Gasteiger partial charge < -0.3 is 21.7 Å². The predicted molar refractivity (Wildman–Crippen MR) is 61.3 cm³/mol. The molecule has 0 amide bonds. The maximum atomic E-state index is 5.36. The lowest BCUT2D eigenvalue weighted by Gasteiger charge is -2.25. The summed E-state index contributed by atoms with van der Waals surface area (Å²) < 4.78 is 5.36. The SMILES string of the molecule is CCN(CC)CCOP(C)(=S)[S-]. The van der Waals surface area contributed by atoms with E-state index in [0.717, 1.165) is 19.6 Å². The molecule has 0 heterocycles. The first-order valence-corrected chi connectivity index (χ1v) is 8.33. The van der Waals surface area contributed by atoms with Gasteiger partial charge in [-0.1, -0.05) is 31.1 Å². The van der Waals surface area contributed by atoms with Crippen LogP contribution in [0.3, 0.4) is 0 Å². The number of hydrogen-bond donors (Lipinski definition) is 0. The average molecular weight is 226 g/mol. The third kappa shape index (κ3) is 7.56. The van der Waals surface area contributed by atoms with E-state index in [1.807, 2.05) is 6.66 Å². The standard InChI is InChI=1S/C7H18NOPS2/c1-4-8(5-2)6-7-9-10(3,11)12/h4-7H2,1-3H3,(H,11,12)/p-1. The minimum absolute atomic E-state index is 0.680. The second kappa shape index (κ2) is 6.39. The van der Waals surface area contributed by atoms with Crippen molar-refractivity contribution in [3.05, 3.63) is 0 Å². The normalized spacial score (nSPS) is 16.4. The zero-order valence-corrected chi connectivity index (χ0v) is 10.5. The minimum atomic E-state index is -1.85. The Hall–Kier alpha value is 0.920. The topological polar surface area (TPSA) is 12.5 Å². The van der Waals surface area contributed by atoms with Crippen LogP contribution >= 0.6 is 5.47 Å². The third-order valence-electron chi connectivity index (χ3n) is 1.63. The van der Waals surface area contributed by atoms with Crippen molar-refractivity contribution in [3.8, 4) is 0 Å². The Labute approximate surface area is 85.9 Å². The van der Waals surface area contributed by atoms with Crippen LogP contribution < -0.4 is 0 Å². The lowest BCUT2D eigenvalue weighted by Crippen LogP contribution is -2.26. The first kappa shape index (κ1) is 12.9. The Balaban J connectivity index is 3.48. The fourth-order valence-corrected chi connectivity index (χ4v) is 1.74. The van der Waals surface area contributed by atoms with Gasteiger partial charge in [-0.15, -0.1) is 0 Å². The molecule has 0 rings (SSSR count). The Morgan fingerprint density at radius 1 is 1.42 bits per heavy atom. The van der Waals surface area contributed by atoms with E-state index in [0.29, 0.717) is 6.61 Å². The van der Waals surface area contributed by atoms with E-state index in [4.69, 9.17) is 28.6 Å². The van der Waals surface area contributed by atoms with Gasteiger partial charge in [0, 0.05) is 6.54 Å². The van der Waals surface area contributed by atoms with Crippen molar-refractivity contribution >= 4 is 29.5 Å². The van der Waals surface area contributed by atoms with Crippen LogP contribution in [0.2, 0.25) is 0 Å². The summed E-state index contributed by atoms with van der Waals surface area (Å²) in [5.41, 5.74) is -1.85. The molecule has 0 spiro atoms. The lowest BCUT2D eigenvalue weighted by atomic mass is 10.5. The quantitative estimate of drug-likeness (QED) is 0.506. The van der Waals surface area contributed by atoms with Crippen LogP contribution in [0.15, 0.2) is 0 Å². The van der Waals surface area contributed by atoms with E-state index in [1.165, 1.54) is 0 Å². The Kier molecular flexibility index (Phi) is 6.87. The highest BCUT2D eigenvalue weighted by Crippen LogP contribution is 2.39. The molecule has 0 bridgehead atoms. The second-order valence-electron chi connectivity index (χ2n) is 2.63. The zero-order valence-electron chi connectivity index (χ0n) is 7.95. The van der Waals surface area contributed by atoms with Crippen LogP contribution in [0.4, 0.5) is 0 Å². The molecular weight excluding hydrogens is 209 g/mol. The molecule has 0 saturated carbocycles. The fourth-order valence-electron chi connectivity index (χ4n) is 0.876. The van der Waals surface area contributed by atoms with Crippen LogP contribution in [0.5, 0.6) is 0 Å². The molecule has 74 valence electrons. The van der Waals surface area contributed by atoms with Crippen molar-refractivity contribution in [1.82, 2.24) is 4.90 Å². The lowest BCUT2D eigenvalue weighted by molar-refractivity contribution is 0.238. The van der Waals surface area contributed by atoms with Gasteiger partial charge in [0.2, 0.25) is 0 Å². The van der Waals surface area contributed by atoms with Crippen LogP contribution in [-0.4, -0.2) is 37.8 Å². The third-order valence-corrected chi connectivity index (χ3v) is 2.91. The molecule has 0 aliphatic heterocycles. The van der Waals surface area contributed by atoms with Gasteiger partial charge in [0.15, 0.2) is 0 Å². The largest absolute Gasteiger partial charge is 0.720 e. The molecule has 0 aliphatic rings. The molecule has 0 radical (unpaired) electrons. The molecule has 1 unspecified atom stereocenters. The van der Waals surface area contributed by atoms with E-state index in [1.54, 1.807) is 0 Å². The maximum absolute atomic E-state index is 5.36. The Bertz CT molecular complexity index is 155. The fraction of sp³-hybridized carbons (Fsp3) is 1.00. The number of rotatable bonds is 6. The highest BCUT2D eigenvalue weighted by molar-refractivity contribution is 8.53. The smallest absolute Gasteiger partial charge is 0.0620 e.